The Hall–Kier alpha value is -2.16. The van der Waals surface area contributed by atoms with Crippen molar-refractivity contribution in [2.45, 2.75) is 30.3 Å². The standard InChI is InChI=1S/C17H17ClN2O5S/c1-2-25-16(21)12-10-19-15(26(22,23)24)13(18)14(12)20-17(8-9-17)11-6-4-3-5-7-11/h3-7,10H,2,8-9H2,1H3,(H,19,20)(H,22,23,24). The Kier molecular flexibility index (Phi) is 4.92. The Morgan fingerprint density at radius 1 is 1.35 bits per heavy atom. The highest BCUT2D eigenvalue weighted by molar-refractivity contribution is 7.85. The number of hydrogen-bond donors (Lipinski definition) is 2. The van der Waals surface area contributed by atoms with Crippen LogP contribution in [-0.4, -0.2) is 30.5 Å². The van der Waals surface area contributed by atoms with Crippen LogP contribution in [0.2, 0.25) is 5.02 Å². The van der Waals surface area contributed by atoms with Gasteiger partial charge in [0.05, 0.1) is 17.8 Å². The molecule has 26 heavy (non-hydrogen) atoms. The van der Waals surface area contributed by atoms with Gasteiger partial charge < -0.3 is 10.1 Å². The van der Waals surface area contributed by atoms with E-state index in [2.05, 4.69) is 10.3 Å². The van der Waals surface area contributed by atoms with Crippen molar-refractivity contribution < 1.29 is 22.5 Å². The van der Waals surface area contributed by atoms with Crippen LogP contribution >= 0.6 is 11.6 Å². The average Bonchev–Trinajstić information content (AvgIpc) is 3.37. The molecule has 1 aromatic carbocycles. The van der Waals surface area contributed by atoms with Crippen molar-refractivity contribution in [2.24, 2.45) is 0 Å². The van der Waals surface area contributed by atoms with Crippen molar-refractivity contribution in [1.29, 1.82) is 0 Å². The summed E-state index contributed by atoms with van der Waals surface area (Å²) in [7, 11) is -4.65. The maximum atomic E-state index is 12.2. The first kappa shape index (κ1) is 18.6. The van der Waals surface area contributed by atoms with E-state index in [1.165, 1.54) is 0 Å². The predicted octanol–water partition coefficient (Wildman–Crippen LogP) is 3.26. The molecule has 0 aliphatic heterocycles. The fourth-order valence-corrected chi connectivity index (χ4v) is 3.75. The molecule has 138 valence electrons. The summed E-state index contributed by atoms with van der Waals surface area (Å²) in [6.07, 6.45) is 2.59. The minimum Gasteiger partial charge on any atom is -0.462 e. The molecule has 1 aromatic heterocycles. The van der Waals surface area contributed by atoms with Crippen LogP contribution in [0.15, 0.2) is 41.6 Å². The summed E-state index contributed by atoms with van der Waals surface area (Å²) in [5.74, 6) is -0.685. The van der Waals surface area contributed by atoms with Gasteiger partial charge in [-0.25, -0.2) is 9.78 Å². The molecule has 2 aromatic rings. The zero-order valence-corrected chi connectivity index (χ0v) is 15.5. The van der Waals surface area contributed by atoms with Gasteiger partial charge in [-0.2, -0.15) is 8.42 Å². The van der Waals surface area contributed by atoms with E-state index in [9.17, 15) is 17.8 Å². The number of aromatic nitrogens is 1. The van der Waals surface area contributed by atoms with E-state index in [1.807, 2.05) is 30.3 Å². The monoisotopic (exact) mass is 396 g/mol. The number of nitrogens with one attached hydrogen (secondary N) is 1. The second kappa shape index (κ2) is 6.86. The smallest absolute Gasteiger partial charge is 0.341 e. The normalized spacial score (nSPS) is 15.3. The molecule has 0 radical (unpaired) electrons. The Morgan fingerprint density at radius 2 is 2.00 bits per heavy atom. The summed E-state index contributed by atoms with van der Waals surface area (Å²) >= 11 is 6.19. The highest BCUT2D eigenvalue weighted by Gasteiger charge is 2.45. The van der Waals surface area contributed by atoms with E-state index in [0.717, 1.165) is 24.6 Å². The van der Waals surface area contributed by atoms with Crippen LogP contribution in [0, 0.1) is 0 Å². The molecule has 0 unspecified atom stereocenters. The highest BCUT2D eigenvalue weighted by Crippen LogP contribution is 2.50. The Bertz CT molecular complexity index is 943. The van der Waals surface area contributed by atoms with E-state index >= 15 is 0 Å². The molecule has 3 rings (SSSR count). The van der Waals surface area contributed by atoms with Gasteiger partial charge in [-0.1, -0.05) is 41.9 Å². The summed E-state index contributed by atoms with van der Waals surface area (Å²) in [4.78, 5) is 15.9. The van der Waals surface area contributed by atoms with Crippen LogP contribution < -0.4 is 5.32 Å². The minimum atomic E-state index is -4.65. The molecule has 1 aliphatic rings. The zero-order valence-electron chi connectivity index (χ0n) is 13.9. The van der Waals surface area contributed by atoms with E-state index < -0.39 is 26.7 Å². The number of anilines is 1. The second-order valence-electron chi connectivity index (χ2n) is 5.93. The van der Waals surface area contributed by atoms with Gasteiger partial charge in [-0.3, -0.25) is 4.55 Å². The van der Waals surface area contributed by atoms with Crippen molar-refractivity contribution in [3.8, 4) is 0 Å². The first-order valence-electron chi connectivity index (χ1n) is 7.95. The number of nitrogens with zero attached hydrogens (tertiary/aromatic N) is 1. The Morgan fingerprint density at radius 3 is 2.54 bits per heavy atom. The van der Waals surface area contributed by atoms with Crippen LogP contribution in [0.4, 0.5) is 5.69 Å². The summed E-state index contributed by atoms with van der Waals surface area (Å²) in [6.45, 7) is 1.79. The van der Waals surface area contributed by atoms with E-state index in [0.29, 0.717) is 0 Å². The van der Waals surface area contributed by atoms with Crippen LogP contribution in [0.3, 0.4) is 0 Å². The van der Waals surface area contributed by atoms with Gasteiger partial charge in [0, 0.05) is 6.20 Å². The van der Waals surface area contributed by atoms with Gasteiger partial charge >= 0.3 is 16.1 Å². The quantitative estimate of drug-likeness (QED) is 0.570. The van der Waals surface area contributed by atoms with Gasteiger partial charge in [0.25, 0.3) is 0 Å². The van der Waals surface area contributed by atoms with Gasteiger partial charge in [-0.15, -0.1) is 0 Å². The summed E-state index contributed by atoms with van der Waals surface area (Å²) < 4.78 is 37.4. The highest BCUT2D eigenvalue weighted by atomic mass is 35.5. The molecule has 0 spiro atoms. The van der Waals surface area contributed by atoms with Gasteiger partial charge in [0.2, 0.25) is 5.03 Å². The zero-order chi connectivity index (χ0) is 18.9. The van der Waals surface area contributed by atoms with Gasteiger partial charge in [-0.05, 0) is 25.3 Å². The Balaban J connectivity index is 2.10. The van der Waals surface area contributed by atoms with E-state index in [-0.39, 0.29) is 22.9 Å². The SMILES string of the molecule is CCOC(=O)c1cnc(S(=O)(=O)O)c(Cl)c1NC1(c2ccccc2)CC1. The lowest BCUT2D eigenvalue weighted by Crippen LogP contribution is -2.22. The molecule has 2 N–H and O–H groups in total. The van der Waals surface area contributed by atoms with Crippen LogP contribution in [0.1, 0.15) is 35.7 Å². The van der Waals surface area contributed by atoms with Gasteiger partial charge in [0.1, 0.15) is 10.6 Å². The third kappa shape index (κ3) is 3.53. The summed E-state index contributed by atoms with van der Waals surface area (Å²) in [5, 5.41) is 2.13. The molecule has 1 heterocycles. The second-order valence-corrected chi connectivity index (χ2v) is 7.65. The average molecular weight is 397 g/mol. The van der Waals surface area contributed by atoms with Crippen molar-refractivity contribution in [3.05, 3.63) is 52.7 Å². The number of ether oxygens (including phenoxy) is 1. The van der Waals surface area contributed by atoms with Gasteiger partial charge in [0.15, 0.2) is 0 Å². The summed E-state index contributed by atoms with van der Waals surface area (Å²) in [6, 6.07) is 9.54. The third-order valence-electron chi connectivity index (χ3n) is 4.17. The molecule has 0 bridgehead atoms. The van der Waals surface area contributed by atoms with Crippen molar-refractivity contribution in [2.75, 3.05) is 11.9 Å². The molecule has 0 amide bonds. The fraction of sp³-hybridized carbons (Fsp3) is 0.294. The maximum Gasteiger partial charge on any atom is 0.341 e. The molecule has 1 aliphatic carbocycles. The number of hydrogen-bond acceptors (Lipinski definition) is 6. The third-order valence-corrected chi connectivity index (χ3v) is 5.45. The van der Waals surface area contributed by atoms with Crippen molar-refractivity contribution in [1.82, 2.24) is 4.98 Å². The predicted molar refractivity (Wildman–Crippen MR) is 96.0 cm³/mol. The lowest BCUT2D eigenvalue weighted by atomic mass is 10.0. The number of halogens is 1. The molecule has 1 fully saturated rings. The first-order valence-corrected chi connectivity index (χ1v) is 9.77. The summed E-state index contributed by atoms with van der Waals surface area (Å²) in [5.41, 5.74) is 0.598. The topological polar surface area (TPSA) is 106 Å². The molecule has 9 heteroatoms. The van der Waals surface area contributed by atoms with E-state index in [1.54, 1.807) is 6.92 Å². The van der Waals surface area contributed by atoms with Crippen LogP contribution in [0.25, 0.3) is 0 Å². The number of pyridine rings is 1. The lowest BCUT2D eigenvalue weighted by Gasteiger charge is -2.22. The number of esters is 1. The maximum absolute atomic E-state index is 12.2. The molecule has 0 saturated heterocycles. The lowest BCUT2D eigenvalue weighted by molar-refractivity contribution is 0.0526. The largest absolute Gasteiger partial charge is 0.462 e. The fourth-order valence-electron chi connectivity index (χ4n) is 2.74. The Labute approximate surface area is 156 Å². The van der Waals surface area contributed by atoms with Crippen LogP contribution in [0.5, 0.6) is 0 Å². The molecule has 1 saturated carbocycles. The number of benzene rings is 1. The first-order chi connectivity index (χ1) is 12.3. The minimum absolute atomic E-state index is 0.00598. The molecule has 7 nitrogen and oxygen atoms in total. The van der Waals surface area contributed by atoms with Crippen molar-refractivity contribution in [3.63, 3.8) is 0 Å². The van der Waals surface area contributed by atoms with E-state index in [4.69, 9.17) is 16.3 Å². The molecular weight excluding hydrogens is 380 g/mol. The molecule has 0 atom stereocenters. The number of carbonyl (C=O) groups is 1. The van der Waals surface area contributed by atoms with Crippen molar-refractivity contribution >= 4 is 33.4 Å². The number of carbonyl (C=O) groups excluding carboxylic acids is 1. The number of rotatable bonds is 6. The molecular formula is C17H17ClN2O5S. The van der Waals surface area contributed by atoms with Crippen LogP contribution in [-0.2, 0) is 20.4 Å².